The number of aryl methyl sites for hydroxylation is 1. The van der Waals surface area contributed by atoms with Crippen molar-refractivity contribution in [2.45, 2.75) is 18.9 Å². The summed E-state index contributed by atoms with van der Waals surface area (Å²) in [6, 6.07) is 10.1. The van der Waals surface area contributed by atoms with E-state index in [0.717, 1.165) is 6.42 Å². The molecule has 0 saturated carbocycles. The minimum atomic E-state index is 0.0989. The van der Waals surface area contributed by atoms with Gasteiger partial charge in [0.1, 0.15) is 6.10 Å². The van der Waals surface area contributed by atoms with Crippen molar-refractivity contribution < 1.29 is 9.53 Å². The Morgan fingerprint density at radius 2 is 2.15 bits per heavy atom. The second-order valence-electron chi connectivity index (χ2n) is 4.82. The van der Waals surface area contributed by atoms with E-state index in [1.807, 2.05) is 28.5 Å². The molecule has 0 bridgehead atoms. The molecule has 0 radical (unpaired) electrons. The summed E-state index contributed by atoms with van der Waals surface area (Å²) in [7, 11) is 0. The predicted octanol–water partition coefficient (Wildman–Crippen LogP) is 2.37. The fourth-order valence-electron chi connectivity index (χ4n) is 2.18. The standard InChI is InChI=1S/C15H16N2O2S/c18-14(7-6-12-4-2-1-3-5-12)17-10-13(11-17)19-15-16-8-9-20-15/h1-5,8-9,13H,6-7,10-11H2. The van der Waals surface area contributed by atoms with E-state index in [2.05, 4.69) is 17.1 Å². The minimum absolute atomic E-state index is 0.0989. The third kappa shape index (κ3) is 3.17. The van der Waals surface area contributed by atoms with Crippen LogP contribution in [0.15, 0.2) is 41.9 Å². The van der Waals surface area contributed by atoms with Gasteiger partial charge in [-0.3, -0.25) is 4.79 Å². The second kappa shape index (κ2) is 6.05. The summed E-state index contributed by atoms with van der Waals surface area (Å²) >= 11 is 1.48. The van der Waals surface area contributed by atoms with E-state index in [1.54, 1.807) is 6.20 Å². The maximum atomic E-state index is 12.0. The van der Waals surface area contributed by atoms with Gasteiger partial charge >= 0.3 is 0 Å². The van der Waals surface area contributed by atoms with Crippen molar-refractivity contribution >= 4 is 17.2 Å². The molecule has 4 nitrogen and oxygen atoms in total. The third-order valence-corrected chi connectivity index (χ3v) is 4.01. The zero-order chi connectivity index (χ0) is 13.8. The number of likely N-dealkylation sites (tertiary alicyclic amines) is 1. The van der Waals surface area contributed by atoms with Crippen LogP contribution >= 0.6 is 11.3 Å². The molecule has 5 heteroatoms. The van der Waals surface area contributed by atoms with Crippen molar-refractivity contribution in [2.75, 3.05) is 13.1 Å². The molecule has 0 unspecified atom stereocenters. The van der Waals surface area contributed by atoms with Gasteiger partial charge < -0.3 is 9.64 Å². The van der Waals surface area contributed by atoms with Crippen molar-refractivity contribution in [3.8, 4) is 5.19 Å². The molecule has 1 aromatic carbocycles. The van der Waals surface area contributed by atoms with Gasteiger partial charge in [-0.25, -0.2) is 4.98 Å². The van der Waals surface area contributed by atoms with E-state index >= 15 is 0 Å². The first-order chi connectivity index (χ1) is 9.81. The van der Waals surface area contributed by atoms with Gasteiger partial charge in [0.2, 0.25) is 5.91 Å². The van der Waals surface area contributed by atoms with Crippen LogP contribution in [0.25, 0.3) is 0 Å². The smallest absolute Gasteiger partial charge is 0.273 e. The van der Waals surface area contributed by atoms with Gasteiger partial charge in [0, 0.05) is 18.0 Å². The highest BCUT2D eigenvalue weighted by atomic mass is 32.1. The first kappa shape index (κ1) is 13.1. The number of ether oxygens (including phenoxy) is 1. The second-order valence-corrected chi connectivity index (χ2v) is 5.68. The molecular weight excluding hydrogens is 272 g/mol. The van der Waals surface area contributed by atoms with Crippen molar-refractivity contribution in [2.24, 2.45) is 0 Å². The summed E-state index contributed by atoms with van der Waals surface area (Å²) in [5, 5.41) is 2.57. The molecule has 1 amide bonds. The van der Waals surface area contributed by atoms with Gasteiger partial charge in [0.05, 0.1) is 13.1 Å². The van der Waals surface area contributed by atoms with Crippen molar-refractivity contribution in [1.82, 2.24) is 9.88 Å². The maximum absolute atomic E-state index is 12.0. The van der Waals surface area contributed by atoms with Gasteiger partial charge in [-0.1, -0.05) is 41.7 Å². The fourth-order valence-corrected chi connectivity index (χ4v) is 2.73. The molecule has 0 atom stereocenters. The molecule has 2 heterocycles. The van der Waals surface area contributed by atoms with E-state index in [9.17, 15) is 4.79 Å². The third-order valence-electron chi connectivity index (χ3n) is 3.35. The van der Waals surface area contributed by atoms with Gasteiger partial charge in [0.25, 0.3) is 5.19 Å². The lowest BCUT2D eigenvalue weighted by atomic mass is 10.1. The molecule has 1 fully saturated rings. The summed E-state index contributed by atoms with van der Waals surface area (Å²) in [5.41, 5.74) is 1.21. The van der Waals surface area contributed by atoms with E-state index in [-0.39, 0.29) is 12.0 Å². The summed E-state index contributed by atoms with van der Waals surface area (Å²) in [5.74, 6) is 0.202. The highest BCUT2D eigenvalue weighted by Gasteiger charge is 2.32. The van der Waals surface area contributed by atoms with Crippen LogP contribution in [0.4, 0.5) is 0 Å². The molecule has 0 spiro atoms. The average molecular weight is 288 g/mol. The topological polar surface area (TPSA) is 42.4 Å². The molecule has 20 heavy (non-hydrogen) atoms. The number of benzene rings is 1. The average Bonchev–Trinajstić information content (AvgIpc) is 2.94. The van der Waals surface area contributed by atoms with Crippen LogP contribution in [0.5, 0.6) is 5.19 Å². The lowest BCUT2D eigenvalue weighted by Crippen LogP contribution is -2.56. The lowest BCUT2D eigenvalue weighted by molar-refractivity contribution is -0.139. The Kier molecular flexibility index (Phi) is 3.97. The Bertz CT molecular complexity index is 551. The summed E-state index contributed by atoms with van der Waals surface area (Å²) in [6.07, 6.45) is 3.19. The summed E-state index contributed by atoms with van der Waals surface area (Å²) < 4.78 is 5.65. The predicted molar refractivity (Wildman–Crippen MR) is 77.9 cm³/mol. The molecule has 1 saturated heterocycles. The highest BCUT2D eigenvalue weighted by molar-refractivity contribution is 7.11. The van der Waals surface area contributed by atoms with Gasteiger partial charge in [-0.15, -0.1) is 0 Å². The quantitative estimate of drug-likeness (QED) is 0.848. The summed E-state index contributed by atoms with van der Waals surface area (Å²) in [6.45, 7) is 1.35. The minimum Gasteiger partial charge on any atom is -0.463 e. The largest absolute Gasteiger partial charge is 0.463 e. The van der Waals surface area contributed by atoms with Gasteiger partial charge in [-0.2, -0.15) is 0 Å². The monoisotopic (exact) mass is 288 g/mol. The van der Waals surface area contributed by atoms with Crippen LogP contribution < -0.4 is 4.74 Å². The van der Waals surface area contributed by atoms with E-state index < -0.39 is 0 Å². The van der Waals surface area contributed by atoms with Crippen LogP contribution in [0, 0.1) is 0 Å². The van der Waals surface area contributed by atoms with Crippen molar-refractivity contribution in [1.29, 1.82) is 0 Å². The molecule has 3 rings (SSSR count). The number of nitrogens with zero attached hydrogens (tertiary/aromatic N) is 2. The molecule has 104 valence electrons. The van der Waals surface area contributed by atoms with Crippen LogP contribution in [-0.2, 0) is 11.2 Å². The number of hydrogen-bond acceptors (Lipinski definition) is 4. The Morgan fingerprint density at radius 1 is 1.35 bits per heavy atom. The van der Waals surface area contributed by atoms with Crippen LogP contribution in [0.1, 0.15) is 12.0 Å². The number of amides is 1. The Balaban J connectivity index is 1.40. The fraction of sp³-hybridized carbons (Fsp3) is 0.333. The molecule has 1 aliphatic rings. The summed E-state index contributed by atoms with van der Waals surface area (Å²) in [4.78, 5) is 17.9. The van der Waals surface area contributed by atoms with Crippen LogP contribution in [0.2, 0.25) is 0 Å². The first-order valence-electron chi connectivity index (χ1n) is 6.69. The zero-order valence-corrected chi connectivity index (χ0v) is 11.9. The lowest BCUT2D eigenvalue weighted by Gasteiger charge is -2.38. The van der Waals surface area contributed by atoms with Gasteiger partial charge in [0.15, 0.2) is 0 Å². The van der Waals surface area contributed by atoms with E-state index in [4.69, 9.17) is 4.74 Å². The number of rotatable bonds is 5. The molecule has 2 aromatic rings. The maximum Gasteiger partial charge on any atom is 0.273 e. The number of hydrogen-bond donors (Lipinski definition) is 0. The first-order valence-corrected chi connectivity index (χ1v) is 7.57. The number of thiazole rings is 1. The molecule has 0 aliphatic carbocycles. The molecular formula is C15H16N2O2S. The normalized spacial score (nSPS) is 14.9. The number of aromatic nitrogens is 1. The van der Waals surface area contributed by atoms with Crippen molar-refractivity contribution in [3.63, 3.8) is 0 Å². The zero-order valence-electron chi connectivity index (χ0n) is 11.1. The Morgan fingerprint density at radius 3 is 2.85 bits per heavy atom. The number of carbonyl (C=O) groups excluding carboxylic acids is 1. The van der Waals surface area contributed by atoms with Crippen LogP contribution in [-0.4, -0.2) is 35.0 Å². The van der Waals surface area contributed by atoms with E-state index in [1.165, 1.54) is 16.9 Å². The highest BCUT2D eigenvalue weighted by Crippen LogP contribution is 2.20. The Labute approximate surface area is 122 Å². The molecule has 1 aromatic heterocycles. The molecule has 0 N–H and O–H groups in total. The van der Waals surface area contributed by atoms with Crippen LogP contribution in [0.3, 0.4) is 0 Å². The van der Waals surface area contributed by atoms with Crippen molar-refractivity contribution in [3.05, 3.63) is 47.5 Å². The SMILES string of the molecule is O=C(CCc1ccccc1)N1CC(Oc2nccs2)C1. The van der Waals surface area contributed by atoms with Gasteiger partial charge in [-0.05, 0) is 12.0 Å². The van der Waals surface area contributed by atoms with E-state index in [0.29, 0.717) is 24.7 Å². The Hall–Kier alpha value is -1.88. The number of carbonyl (C=O) groups is 1. The molecule has 1 aliphatic heterocycles.